The molecular weight excluding hydrogens is 198 g/mol. The molecule has 2 aromatic rings. The molecule has 82 valence electrons. The Hall–Kier alpha value is -1.38. The average molecular weight is 213 g/mol. The van der Waals surface area contributed by atoms with Crippen LogP contribution in [0.15, 0.2) is 36.4 Å². The van der Waals surface area contributed by atoms with Gasteiger partial charge in [0.1, 0.15) is 0 Å². The van der Waals surface area contributed by atoms with E-state index in [1.807, 2.05) is 6.92 Å². The fraction of sp³-hybridized carbons (Fsp3) is 0.286. The van der Waals surface area contributed by atoms with Crippen molar-refractivity contribution < 1.29 is 4.74 Å². The molecule has 1 aliphatic rings. The number of fused-ring (bicyclic) bond motifs is 3. The molecule has 0 saturated carbocycles. The number of hydrogen-bond donors (Lipinski definition) is 1. The predicted molar refractivity (Wildman–Crippen MR) is 65.1 cm³/mol. The van der Waals surface area contributed by atoms with Crippen molar-refractivity contribution in [2.75, 3.05) is 0 Å². The Balaban J connectivity index is 2.32. The van der Waals surface area contributed by atoms with Crippen molar-refractivity contribution in [3.05, 3.63) is 47.5 Å². The molecule has 2 atom stereocenters. The summed E-state index contributed by atoms with van der Waals surface area (Å²) in [7, 11) is 0. The number of hydrogen-bond acceptors (Lipinski definition) is 2. The molecule has 2 nitrogen and oxygen atoms in total. The Kier molecular flexibility index (Phi) is 2.20. The summed E-state index contributed by atoms with van der Waals surface area (Å²) in [6.45, 7) is 2.71. The summed E-state index contributed by atoms with van der Waals surface area (Å²) < 4.78 is 5.64. The van der Waals surface area contributed by atoms with Gasteiger partial charge < -0.3 is 10.5 Å². The second-order valence-electron chi connectivity index (χ2n) is 4.40. The molecular formula is C14H15NO. The van der Waals surface area contributed by atoms with Gasteiger partial charge in [0.2, 0.25) is 0 Å². The number of rotatable bonds is 0. The molecule has 2 aromatic carbocycles. The van der Waals surface area contributed by atoms with E-state index >= 15 is 0 Å². The lowest BCUT2D eigenvalue weighted by molar-refractivity contribution is 0.0220. The van der Waals surface area contributed by atoms with Crippen molar-refractivity contribution in [2.24, 2.45) is 5.73 Å². The van der Waals surface area contributed by atoms with Crippen LogP contribution in [0.4, 0.5) is 0 Å². The van der Waals surface area contributed by atoms with Crippen LogP contribution in [0.2, 0.25) is 0 Å². The Morgan fingerprint density at radius 1 is 1.19 bits per heavy atom. The number of nitrogens with two attached hydrogens (primary N) is 1. The fourth-order valence-electron chi connectivity index (χ4n) is 2.42. The first-order valence-corrected chi connectivity index (χ1v) is 5.65. The summed E-state index contributed by atoms with van der Waals surface area (Å²) in [6, 6.07) is 12.6. The molecule has 0 amide bonds. The number of benzene rings is 2. The Labute approximate surface area is 95.0 Å². The fourth-order valence-corrected chi connectivity index (χ4v) is 2.42. The van der Waals surface area contributed by atoms with Crippen molar-refractivity contribution >= 4 is 10.8 Å². The first-order valence-electron chi connectivity index (χ1n) is 5.65. The molecule has 3 rings (SSSR count). The van der Waals surface area contributed by atoms with Crippen LogP contribution in [0, 0.1) is 0 Å². The highest BCUT2D eigenvalue weighted by Gasteiger charge is 2.25. The molecule has 0 fully saturated rings. The largest absolute Gasteiger partial charge is 0.372 e. The lowest BCUT2D eigenvalue weighted by Crippen LogP contribution is -2.31. The minimum Gasteiger partial charge on any atom is -0.372 e. The quantitative estimate of drug-likeness (QED) is 0.730. The van der Waals surface area contributed by atoms with Crippen molar-refractivity contribution in [1.82, 2.24) is 0 Å². The summed E-state index contributed by atoms with van der Waals surface area (Å²) >= 11 is 0. The van der Waals surface area contributed by atoms with E-state index < -0.39 is 0 Å². The summed E-state index contributed by atoms with van der Waals surface area (Å²) in [6.07, 6.45) is 0.0957. The van der Waals surface area contributed by atoms with Crippen molar-refractivity contribution in [2.45, 2.75) is 25.7 Å². The average Bonchev–Trinajstić information content (AvgIpc) is 2.33. The topological polar surface area (TPSA) is 35.2 Å². The second kappa shape index (κ2) is 3.58. The lowest BCUT2D eigenvalue weighted by Gasteiger charge is -2.30. The smallest absolute Gasteiger partial charge is 0.0744 e. The van der Waals surface area contributed by atoms with Gasteiger partial charge in [-0.3, -0.25) is 0 Å². The van der Waals surface area contributed by atoms with Gasteiger partial charge in [-0.2, -0.15) is 0 Å². The second-order valence-corrected chi connectivity index (χ2v) is 4.40. The molecule has 0 saturated heterocycles. The van der Waals surface area contributed by atoms with Crippen molar-refractivity contribution in [3.8, 4) is 0 Å². The van der Waals surface area contributed by atoms with Gasteiger partial charge in [-0.15, -0.1) is 0 Å². The van der Waals surface area contributed by atoms with E-state index in [9.17, 15) is 0 Å². The third-order valence-corrected chi connectivity index (χ3v) is 3.40. The molecule has 0 aromatic heterocycles. The van der Waals surface area contributed by atoms with Gasteiger partial charge in [-0.25, -0.2) is 0 Å². The molecule has 2 N–H and O–H groups in total. The molecule has 1 unspecified atom stereocenters. The van der Waals surface area contributed by atoms with Crippen LogP contribution in [0.1, 0.15) is 24.1 Å². The van der Waals surface area contributed by atoms with E-state index in [-0.39, 0.29) is 12.1 Å². The van der Waals surface area contributed by atoms with Crippen molar-refractivity contribution in [3.63, 3.8) is 0 Å². The monoisotopic (exact) mass is 213 g/mol. The van der Waals surface area contributed by atoms with Gasteiger partial charge in [0.25, 0.3) is 0 Å². The standard InChI is InChI=1S/C14H15NO/c1-9-14(15)13-11(8-16-9)7-6-10-4-2-3-5-12(10)13/h2-7,9,14H,8,15H2,1H3/t9-,14?/m1/s1. The predicted octanol–water partition coefficient (Wildman–Crippen LogP) is 2.76. The first kappa shape index (κ1) is 9.82. The maximum atomic E-state index is 6.23. The highest BCUT2D eigenvalue weighted by atomic mass is 16.5. The first-order chi connectivity index (χ1) is 7.77. The molecule has 0 aliphatic carbocycles. The SMILES string of the molecule is C[C@H]1OCc2ccc3ccccc3c2C1N. The minimum atomic E-state index is -0.0187. The molecule has 1 heterocycles. The van der Waals surface area contributed by atoms with Crippen LogP contribution in [0.5, 0.6) is 0 Å². The zero-order chi connectivity index (χ0) is 11.1. The highest BCUT2D eigenvalue weighted by Crippen LogP contribution is 2.33. The molecule has 0 bridgehead atoms. The van der Waals surface area contributed by atoms with Crippen molar-refractivity contribution in [1.29, 1.82) is 0 Å². The summed E-state index contributed by atoms with van der Waals surface area (Å²) in [5, 5.41) is 2.52. The molecule has 0 spiro atoms. The maximum absolute atomic E-state index is 6.23. The van der Waals surface area contributed by atoms with E-state index in [0.29, 0.717) is 6.61 Å². The Morgan fingerprint density at radius 3 is 2.88 bits per heavy atom. The van der Waals surface area contributed by atoms with Gasteiger partial charge in [0.05, 0.1) is 18.8 Å². The van der Waals surface area contributed by atoms with Gasteiger partial charge in [-0.1, -0.05) is 36.4 Å². The van der Waals surface area contributed by atoms with Crippen LogP contribution in [-0.4, -0.2) is 6.10 Å². The summed E-state index contributed by atoms with van der Waals surface area (Å²) in [5.41, 5.74) is 8.72. The zero-order valence-electron chi connectivity index (χ0n) is 9.31. The van der Waals surface area contributed by atoms with Gasteiger partial charge in [0.15, 0.2) is 0 Å². The van der Waals surface area contributed by atoms with Crippen LogP contribution < -0.4 is 5.73 Å². The molecule has 0 radical (unpaired) electrons. The van der Waals surface area contributed by atoms with Crippen LogP contribution >= 0.6 is 0 Å². The Morgan fingerprint density at radius 2 is 2.00 bits per heavy atom. The molecule has 16 heavy (non-hydrogen) atoms. The van der Waals surface area contributed by atoms with Crippen LogP contribution in [0.3, 0.4) is 0 Å². The third-order valence-electron chi connectivity index (χ3n) is 3.40. The van der Waals surface area contributed by atoms with Crippen LogP contribution in [-0.2, 0) is 11.3 Å². The van der Waals surface area contributed by atoms with E-state index in [2.05, 4.69) is 36.4 Å². The highest BCUT2D eigenvalue weighted by molar-refractivity contribution is 5.87. The summed E-state index contributed by atoms with van der Waals surface area (Å²) in [4.78, 5) is 0. The normalized spacial score (nSPS) is 24.4. The number of ether oxygens (including phenoxy) is 1. The molecule has 1 aliphatic heterocycles. The van der Waals surface area contributed by atoms with Crippen LogP contribution in [0.25, 0.3) is 10.8 Å². The van der Waals surface area contributed by atoms with Gasteiger partial charge in [-0.05, 0) is 28.8 Å². The Bertz CT molecular complexity index is 535. The lowest BCUT2D eigenvalue weighted by atomic mass is 9.90. The van der Waals surface area contributed by atoms with E-state index in [0.717, 1.165) is 0 Å². The minimum absolute atomic E-state index is 0.0187. The van der Waals surface area contributed by atoms with Gasteiger partial charge >= 0.3 is 0 Å². The third kappa shape index (κ3) is 1.34. The van der Waals surface area contributed by atoms with E-state index in [1.54, 1.807) is 0 Å². The van der Waals surface area contributed by atoms with E-state index in [4.69, 9.17) is 10.5 Å². The summed E-state index contributed by atoms with van der Waals surface area (Å²) in [5.74, 6) is 0. The molecule has 2 heteroatoms. The maximum Gasteiger partial charge on any atom is 0.0744 e. The van der Waals surface area contributed by atoms with Gasteiger partial charge in [0, 0.05) is 0 Å². The zero-order valence-corrected chi connectivity index (χ0v) is 9.31. The van der Waals surface area contributed by atoms with E-state index in [1.165, 1.54) is 21.9 Å².